The van der Waals surface area contributed by atoms with Gasteiger partial charge in [0.15, 0.2) is 11.6 Å². The first-order valence-electron chi connectivity index (χ1n) is 10.2. The molecule has 0 atom stereocenters. The highest BCUT2D eigenvalue weighted by molar-refractivity contribution is 7.95. The highest BCUT2D eigenvalue weighted by Crippen LogP contribution is 2.39. The van der Waals surface area contributed by atoms with Crippen LogP contribution in [0, 0.1) is 11.6 Å². The number of sulfonamides is 1. The maximum absolute atomic E-state index is 14.3. The summed E-state index contributed by atoms with van der Waals surface area (Å²) in [6, 6.07) is 14.3. The molecule has 1 heterocycles. The Hall–Kier alpha value is -3.98. The van der Waals surface area contributed by atoms with Crippen molar-refractivity contribution in [1.82, 2.24) is 4.57 Å². The molecule has 0 amide bonds. The number of pyridine rings is 1. The Kier molecular flexibility index (Phi) is 6.21. The Balaban J connectivity index is 1.95. The number of hydrogen-bond donors (Lipinski definition) is 1. The van der Waals surface area contributed by atoms with E-state index in [9.17, 15) is 22.0 Å². The minimum atomic E-state index is -3.75. The number of nitrogens with zero attached hydrogens (tertiary/aromatic N) is 1. The Labute approximate surface area is 194 Å². The standard InChI is InChI=1S/C25H20F2N2O4S/c1-3-12-34(31,32)28-17-9-11-23(33-24-10-8-16(26)13-22(24)27)20(14-17)21-15-29(2)25(30)19-7-5-4-6-18(19)21/h3-15,28H,1-2H3/b12-3+. The topological polar surface area (TPSA) is 77.4 Å². The second kappa shape index (κ2) is 9.11. The van der Waals surface area contributed by atoms with E-state index < -0.39 is 21.7 Å². The summed E-state index contributed by atoms with van der Waals surface area (Å²) < 4.78 is 61.8. The third kappa shape index (κ3) is 4.69. The third-order valence-corrected chi connectivity index (χ3v) is 6.20. The fourth-order valence-electron chi connectivity index (χ4n) is 3.58. The van der Waals surface area contributed by atoms with Gasteiger partial charge in [0.05, 0.1) is 0 Å². The van der Waals surface area contributed by atoms with E-state index in [0.29, 0.717) is 28.0 Å². The van der Waals surface area contributed by atoms with E-state index in [1.54, 1.807) is 44.4 Å². The molecule has 174 valence electrons. The molecular formula is C25H20F2N2O4S. The first kappa shape index (κ1) is 23.2. The van der Waals surface area contributed by atoms with E-state index in [-0.39, 0.29) is 22.7 Å². The predicted molar refractivity (Wildman–Crippen MR) is 128 cm³/mol. The highest BCUT2D eigenvalue weighted by Gasteiger charge is 2.17. The van der Waals surface area contributed by atoms with Gasteiger partial charge in [-0.05, 0) is 48.7 Å². The van der Waals surface area contributed by atoms with E-state index in [2.05, 4.69) is 4.72 Å². The molecule has 4 aromatic rings. The molecule has 34 heavy (non-hydrogen) atoms. The highest BCUT2D eigenvalue weighted by atomic mass is 32.2. The van der Waals surface area contributed by atoms with Crippen LogP contribution in [0.15, 0.2) is 83.1 Å². The molecule has 4 rings (SSSR count). The lowest BCUT2D eigenvalue weighted by molar-refractivity contribution is 0.439. The third-order valence-electron chi connectivity index (χ3n) is 5.05. The molecule has 0 aliphatic heterocycles. The fraction of sp³-hybridized carbons (Fsp3) is 0.0800. The van der Waals surface area contributed by atoms with Crippen molar-refractivity contribution in [3.8, 4) is 22.6 Å². The lowest BCUT2D eigenvalue weighted by Crippen LogP contribution is -2.16. The number of hydrogen-bond acceptors (Lipinski definition) is 4. The van der Waals surface area contributed by atoms with Crippen molar-refractivity contribution in [1.29, 1.82) is 0 Å². The normalized spacial score (nSPS) is 11.8. The number of nitrogens with one attached hydrogen (secondary N) is 1. The Morgan fingerprint density at radius 1 is 0.941 bits per heavy atom. The van der Waals surface area contributed by atoms with Crippen LogP contribution in [0.3, 0.4) is 0 Å². The number of halogens is 2. The second-order valence-electron chi connectivity index (χ2n) is 7.51. The van der Waals surface area contributed by atoms with E-state index in [1.165, 1.54) is 28.8 Å². The van der Waals surface area contributed by atoms with Gasteiger partial charge in [-0.2, -0.15) is 0 Å². The van der Waals surface area contributed by atoms with Crippen LogP contribution >= 0.6 is 0 Å². The second-order valence-corrected chi connectivity index (χ2v) is 9.07. The summed E-state index contributed by atoms with van der Waals surface area (Å²) in [7, 11) is -2.16. The van der Waals surface area contributed by atoms with E-state index in [1.807, 2.05) is 0 Å². The van der Waals surface area contributed by atoms with Gasteiger partial charge in [0.2, 0.25) is 0 Å². The molecule has 0 saturated heterocycles. The number of benzene rings is 3. The van der Waals surface area contributed by atoms with Gasteiger partial charge in [0, 0.05) is 46.9 Å². The molecule has 0 aliphatic rings. The molecule has 1 N–H and O–H groups in total. The average molecular weight is 483 g/mol. The minimum Gasteiger partial charge on any atom is -0.454 e. The van der Waals surface area contributed by atoms with Crippen molar-refractivity contribution in [3.05, 3.63) is 100 Å². The molecule has 0 aliphatic carbocycles. The van der Waals surface area contributed by atoms with Crippen molar-refractivity contribution in [2.75, 3.05) is 4.72 Å². The molecule has 0 bridgehead atoms. The molecule has 0 radical (unpaired) electrons. The summed E-state index contributed by atoms with van der Waals surface area (Å²) in [5, 5.41) is 2.07. The molecule has 0 unspecified atom stereocenters. The fourth-order valence-corrected chi connectivity index (χ4v) is 4.46. The van der Waals surface area contributed by atoms with Gasteiger partial charge in [-0.1, -0.05) is 24.3 Å². The van der Waals surface area contributed by atoms with Gasteiger partial charge in [-0.3, -0.25) is 9.52 Å². The van der Waals surface area contributed by atoms with Crippen molar-refractivity contribution < 1.29 is 21.9 Å². The van der Waals surface area contributed by atoms with Gasteiger partial charge in [-0.25, -0.2) is 17.2 Å². The maximum atomic E-state index is 14.3. The Morgan fingerprint density at radius 2 is 1.65 bits per heavy atom. The first-order chi connectivity index (χ1) is 16.2. The van der Waals surface area contributed by atoms with Crippen molar-refractivity contribution in [2.24, 2.45) is 7.05 Å². The zero-order valence-electron chi connectivity index (χ0n) is 18.2. The first-order valence-corrected chi connectivity index (χ1v) is 11.7. The van der Waals surface area contributed by atoms with Gasteiger partial charge in [0.1, 0.15) is 11.6 Å². The zero-order valence-corrected chi connectivity index (χ0v) is 19.1. The van der Waals surface area contributed by atoms with Crippen LogP contribution in [0.4, 0.5) is 14.5 Å². The smallest absolute Gasteiger partial charge is 0.258 e. The number of ether oxygens (including phenoxy) is 1. The number of anilines is 1. The summed E-state index contributed by atoms with van der Waals surface area (Å²) >= 11 is 0. The lowest BCUT2D eigenvalue weighted by atomic mass is 9.99. The Morgan fingerprint density at radius 3 is 2.35 bits per heavy atom. The molecule has 1 aromatic heterocycles. The molecular weight excluding hydrogens is 462 g/mol. The minimum absolute atomic E-state index is 0.184. The van der Waals surface area contributed by atoms with Gasteiger partial charge in [0.25, 0.3) is 15.6 Å². The monoisotopic (exact) mass is 482 g/mol. The van der Waals surface area contributed by atoms with E-state index in [0.717, 1.165) is 17.5 Å². The lowest BCUT2D eigenvalue weighted by Gasteiger charge is -2.16. The van der Waals surface area contributed by atoms with E-state index in [4.69, 9.17) is 4.74 Å². The van der Waals surface area contributed by atoms with Crippen LogP contribution in [0.1, 0.15) is 6.92 Å². The zero-order chi connectivity index (χ0) is 24.5. The summed E-state index contributed by atoms with van der Waals surface area (Å²) in [5.41, 5.74) is 0.979. The van der Waals surface area contributed by atoms with Crippen LogP contribution in [0.25, 0.3) is 21.9 Å². The van der Waals surface area contributed by atoms with Gasteiger partial charge < -0.3 is 9.30 Å². The molecule has 3 aromatic carbocycles. The number of aryl methyl sites for hydroxylation is 1. The van der Waals surface area contributed by atoms with Crippen LogP contribution in [-0.2, 0) is 17.1 Å². The van der Waals surface area contributed by atoms with Gasteiger partial charge >= 0.3 is 0 Å². The van der Waals surface area contributed by atoms with Gasteiger partial charge in [-0.15, -0.1) is 0 Å². The summed E-state index contributed by atoms with van der Waals surface area (Å²) in [4.78, 5) is 12.6. The quantitative estimate of drug-likeness (QED) is 0.391. The van der Waals surface area contributed by atoms with Crippen molar-refractivity contribution in [3.63, 3.8) is 0 Å². The SMILES string of the molecule is C/C=C/S(=O)(=O)Nc1ccc(Oc2ccc(F)cc2F)c(-c2cn(C)c(=O)c3ccccc23)c1. The largest absolute Gasteiger partial charge is 0.454 e. The van der Waals surface area contributed by atoms with Crippen molar-refractivity contribution in [2.45, 2.75) is 6.92 Å². The molecule has 0 fully saturated rings. The predicted octanol–water partition coefficient (Wildman–Crippen LogP) is 5.55. The molecule has 9 heteroatoms. The molecule has 0 spiro atoms. The van der Waals surface area contributed by atoms with Crippen LogP contribution in [-0.4, -0.2) is 13.0 Å². The van der Waals surface area contributed by atoms with E-state index >= 15 is 0 Å². The number of aromatic nitrogens is 1. The average Bonchev–Trinajstić information content (AvgIpc) is 2.79. The Bertz CT molecular complexity index is 1590. The maximum Gasteiger partial charge on any atom is 0.258 e. The molecule has 0 saturated carbocycles. The summed E-state index contributed by atoms with van der Waals surface area (Å²) in [6.07, 6.45) is 2.98. The van der Waals surface area contributed by atoms with Crippen LogP contribution < -0.4 is 15.0 Å². The van der Waals surface area contributed by atoms with Crippen LogP contribution in [0.2, 0.25) is 0 Å². The van der Waals surface area contributed by atoms with Crippen LogP contribution in [0.5, 0.6) is 11.5 Å². The summed E-state index contributed by atoms with van der Waals surface area (Å²) in [5.74, 6) is -1.67. The van der Waals surface area contributed by atoms with Crippen molar-refractivity contribution >= 4 is 26.5 Å². The number of allylic oxidation sites excluding steroid dienone is 1. The number of fused-ring (bicyclic) bond motifs is 1. The molecule has 6 nitrogen and oxygen atoms in total. The number of rotatable bonds is 6. The summed E-state index contributed by atoms with van der Waals surface area (Å²) in [6.45, 7) is 1.58.